The maximum atomic E-state index is 9.54. The highest BCUT2D eigenvalue weighted by Crippen LogP contribution is 2.22. The van der Waals surface area contributed by atoms with Gasteiger partial charge in [-0.2, -0.15) is 0 Å². The number of hydrogen-bond donors (Lipinski definition) is 3. The molecule has 1 aliphatic heterocycles. The molecule has 13 heavy (non-hydrogen) atoms. The zero-order valence-electron chi connectivity index (χ0n) is 7.75. The van der Waals surface area contributed by atoms with Crippen molar-refractivity contribution >= 4 is 0 Å². The van der Waals surface area contributed by atoms with Gasteiger partial charge >= 0.3 is 0 Å². The van der Waals surface area contributed by atoms with Gasteiger partial charge in [0.25, 0.3) is 0 Å². The van der Waals surface area contributed by atoms with Gasteiger partial charge in [-0.1, -0.05) is 0 Å². The molecule has 5 heteroatoms. The van der Waals surface area contributed by atoms with E-state index >= 15 is 0 Å². The fourth-order valence-electron chi connectivity index (χ4n) is 1.56. The summed E-state index contributed by atoms with van der Waals surface area (Å²) in [4.78, 5) is 0. The second-order valence-electron chi connectivity index (χ2n) is 3.24. The predicted octanol–water partition coefficient (Wildman–Crippen LogP) is -1.50. The Labute approximate surface area is 76.9 Å². The summed E-state index contributed by atoms with van der Waals surface area (Å²) in [6, 6.07) is 0. The Morgan fingerprint density at radius 2 is 1.92 bits per heavy atom. The molecule has 3 N–H and O–H groups in total. The van der Waals surface area contributed by atoms with Crippen LogP contribution >= 0.6 is 0 Å². The highest BCUT2D eigenvalue weighted by atomic mass is 16.6. The van der Waals surface area contributed by atoms with Gasteiger partial charge in [0.1, 0.15) is 24.4 Å². The van der Waals surface area contributed by atoms with Crippen molar-refractivity contribution in [3.63, 3.8) is 0 Å². The summed E-state index contributed by atoms with van der Waals surface area (Å²) in [5.41, 5.74) is 0. The molecule has 5 nitrogen and oxygen atoms in total. The van der Waals surface area contributed by atoms with Gasteiger partial charge < -0.3 is 24.8 Å². The molecular formula is C8H16O5. The molecule has 0 radical (unpaired) electrons. The van der Waals surface area contributed by atoms with Crippen LogP contribution in [0, 0.1) is 0 Å². The Hall–Kier alpha value is -0.200. The van der Waals surface area contributed by atoms with Crippen molar-refractivity contribution in [2.45, 2.75) is 37.4 Å². The molecule has 0 aromatic heterocycles. The smallest absolute Gasteiger partial charge is 0.114 e. The number of aliphatic hydroxyl groups is 3. The summed E-state index contributed by atoms with van der Waals surface area (Å²) in [6.07, 6.45) is -3.70. The van der Waals surface area contributed by atoms with Gasteiger partial charge in [-0.15, -0.1) is 0 Å². The van der Waals surface area contributed by atoms with Gasteiger partial charge in [0.15, 0.2) is 0 Å². The van der Waals surface area contributed by atoms with Crippen molar-refractivity contribution in [3.8, 4) is 0 Å². The van der Waals surface area contributed by atoms with Crippen LogP contribution in [0.25, 0.3) is 0 Å². The molecule has 3 unspecified atom stereocenters. The van der Waals surface area contributed by atoms with E-state index in [1.807, 2.05) is 0 Å². The monoisotopic (exact) mass is 192 g/mol. The second-order valence-corrected chi connectivity index (χ2v) is 3.24. The van der Waals surface area contributed by atoms with Crippen molar-refractivity contribution in [2.24, 2.45) is 0 Å². The number of methoxy groups -OCH3 is 1. The first-order valence-electron chi connectivity index (χ1n) is 4.27. The fourth-order valence-corrected chi connectivity index (χ4v) is 1.56. The number of rotatable bonds is 2. The first-order valence-corrected chi connectivity index (χ1v) is 4.27. The van der Waals surface area contributed by atoms with Crippen molar-refractivity contribution in [2.75, 3.05) is 13.7 Å². The second kappa shape index (κ2) is 4.34. The summed E-state index contributed by atoms with van der Waals surface area (Å²) >= 11 is 0. The van der Waals surface area contributed by atoms with Gasteiger partial charge in [0.2, 0.25) is 0 Å². The Morgan fingerprint density at radius 3 is 2.38 bits per heavy atom. The SMILES string of the molecule is CO[C@@H]1C(CO)OC(C)C(O)[C@H]1O. The summed E-state index contributed by atoms with van der Waals surface area (Å²) in [6.45, 7) is 1.41. The van der Waals surface area contributed by atoms with E-state index in [1.54, 1.807) is 6.92 Å². The third-order valence-corrected chi connectivity index (χ3v) is 2.38. The Morgan fingerprint density at radius 1 is 1.31 bits per heavy atom. The van der Waals surface area contributed by atoms with E-state index in [2.05, 4.69) is 0 Å². The maximum Gasteiger partial charge on any atom is 0.114 e. The average molecular weight is 192 g/mol. The molecule has 1 rings (SSSR count). The number of hydrogen-bond acceptors (Lipinski definition) is 5. The van der Waals surface area contributed by atoms with E-state index in [-0.39, 0.29) is 6.61 Å². The molecule has 78 valence electrons. The summed E-state index contributed by atoms with van der Waals surface area (Å²) in [5.74, 6) is 0. The van der Waals surface area contributed by atoms with Crippen LogP contribution in [-0.2, 0) is 9.47 Å². The minimum Gasteiger partial charge on any atom is -0.394 e. The summed E-state index contributed by atoms with van der Waals surface area (Å²) in [7, 11) is 1.41. The minimum absolute atomic E-state index is 0.230. The lowest BCUT2D eigenvalue weighted by atomic mass is 9.96. The molecule has 0 amide bonds. The molecule has 1 saturated heterocycles. The molecule has 0 spiro atoms. The third-order valence-electron chi connectivity index (χ3n) is 2.38. The first kappa shape index (κ1) is 10.9. The predicted molar refractivity (Wildman–Crippen MR) is 44.2 cm³/mol. The molecule has 0 bridgehead atoms. The van der Waals surface area contributed by atoms with Crippen molar-refractivity contribution in [1.82, 2.24) is 0 Å². The van der Waals surface area contributed by atoms with Crippen LogP contribution in [0.5, 0.6) is 0 Å². The normalized spacial score (nSPS) is 46.4. The standard InChI is InChI=1S/C8H16O5/c1-4-6(10)7(11)8(12-2)5(3-9)13-4/h4-11H,3H2,1-2H3/t4?,5?,6?,7-,8-/m1/s1. The summed E-state index contributed by atoms with van der Waals surface area (Å²) in [5, 5.41) is 27.9. The molecule has 0 aliphatic carbocycles. The van der Waals surface area contributed by atoms with Gasteiger partial charge in [-0.05, 0) is 6.92 Å². The van der Waals surface area contributed by atoms with E-state index in [0.717, 1.165) is 0 Å². The van der Waals surface area contributed by atoms with Gasteiger partial charge in [-0.3, -0.25) is 0 Å². The minimum atomic E-state index is -1.01. The maximum absolute atomic E-state index is 9.54. The highest BCUT2D eigenvalue weighted by Gasteiger charge is 2.42. The van der Waals surface area contributed by atoms with Crippen LogP contribution in [0.1, 0.15) is 6.92 Å². The fraction of sp³-hybridized carbons (Fsp3) is 1.00. The average Bonchev–Trinajstić information content (AvgIpc) is 2.13. The van der Waals surface area contributed by atoms with Crippen molar-refractivity contribution in [1.29, 1.82) is 0 Å². The lowest BCUT2D eigenvalue weighted by Gasteiger charge is -2.40. The molecule has 1 aliphatic rings. The van der Waals surface area contributed by atoms with Crippen LogP contribution in [0.3, 0.4) is 0 Å². The van der Waals surface area contributed by atoms with Crippen LogP contribution in [0.2, 0.25) is 0 Å². The van der Waals surface area contributed by atoms with Crippen molar-refractivity contribution in [3.05, 3.63) is 0 Å². The molecule has 0 aromatic rings. The summed E-state index contributed by atoms with van der Waals surface area (Å²) < 4.78 is 10.2. The molecule has 5 atom stereocenters. The highest BCUT2D eigenvalue weighted by molar-refractivity contribution is 4.91. The Bertz CT molecular complexity index is 161. The molecule has 1 heterocycles. The van der Waals surface area contributed by atoms with E-state index in [0.29, 0.717) is 0 Å². The molecule has 0 saturated carbocycles. The van der Waals surface area contributed by atoms with E-state index < -0.39 is 30.5 Å². The van der Waals surface area contributed by atoms with Crippen LogP contribution in [0.15, 0.2) is 0 Å². The number of aliphatic hydroxyl groups excluding tert-OH is 3. The van der Waals surface area contributed by atoms with Crippen LogP contribution < -0.4 is 0 Å². The first-order chi connectivity index (χ1) is 6.11. The van der Waals surface area contributed by atoms with Gasteiger partial charge in [0, 0.05) is 7.11 Å². The molecular weight excluding hydrogens is 176 g/mol. The molecule has 0 aromatic carbocycles. The van der Waals surface area contributed by atoms with Crippen LogP contribution in [-0.4, -0.2) is 59.6 Å². The quantitative estimate of drug-likeness (QED) is 0.496. The zero-order valence-corrected chi connectivity index (χ0v) is 7.75. The molecule has 1 fully saturated rings. The van der Waals surface area contributed by atoms with Crippen molar-refractivity contribution < 1.29 is 24.8 Å². The topological polar surface area (TPSA) is 79.2 Å². The largest absolute Gasteiger partial charge is 0.394 e. The zero-order chi connectivity index (χ0) is 10.0. The van der Waals surface area contributed by atoms with Gasteiger partial charge in [-0.25, -0.2) is 0 Å². The van der Waals surface area contributed by atoms with E-state index in [1.165, 1.54) is 7.11 Å². The third kappa shape index (κ3) is 2.00. The van der Waals surface area contributed by atoms with E-state index in [9.17, 15) is 10.2 Å². The van der Waals surface area contributed by atoms with E-state index in [4.69, 9.17) is 14.6 Å². The Balaban J connectivity index is 2.69. The lowest BCUT2D eigenvalue weighted by molar-refractivity contribution is -0.231. The van der Waals surface area contributed by atoms with Gasteiger partial charge in [0.05, 0.1) is 12.7 Å². The Kier molecular flexibility index (Phi) is 3.63. The lowest BCUT2D eigenvalue weighted by Crippen LogP contribution is -2.58. The number of ether oxygens (including phenoxy) is 2. The van der Waals surface area contributed by atoms with Crippen LogP contribution in [0.4, 0.5) is 0 Å².